The van der Waals surface area contributed by atoms with Crippen molar-refractivity contribution in [1.82, 2.24) is 10.3 Å². The molecule has 3 rings (SSSR count). The first-order valence-electron chi connectivity index (χ1n) is 8.29. The van der Waals surface area contributed by atoms with Gasteiger partial charge in [-0.25, -0.2) is 9.18 Å². The van der Waals surface area contributed by atoms with Gasteiger partial charge < -0.3 is 15.0 Å². The van der Waals surface area contributed by atoms with E-state index < -0.39 is 24.3 Å². The highest BCUT2D eigenvalue weighted by atomic mass is 19.1. The molecule has 1 amide bonds. The summed E-state index contributed by atoms with van der Waals surface area (Å²) in [7, 11) is 0. The monoisotopic (exact) mass is 354 g/mol. The number of rotatable bonds is 6. The van der Waals surface area contributed by atoms with Crippen molar-refractivity contribution in [1.29, 1.82) is 0 Å². The first kappa shape index (κ1) is 17.7. The smallest absolute Gasteiger partial charge is 0.338 e. The number of carbonyl (C=O) groups is 2. The zero-order valence-corrected chi connectivity index (χ0v) is 14.3. The Balaban J connectivity index is 1.45. The second-order valence-electron chi connectivity index (χ2n) is 6.00. The molecule has 0 radical (unpaired) electrons. The number of fused-ring (bicyclic) bond motifs is 1. The van der Waals surface area contributed by atoms with Crippen molar-refractivity contribution in [3.8, 4) is 0 Å². The lowest BCUT2D eigenvalue weighted by Gasteiger charge is -2.07. The Morgan fingerprint density at radius 3 is 2.81 bits per heavy atom. The zero-order chi connectivity index (χ0) is 18.5. The zero-order valence-electron chi connectivity index (χ0n) is 14.3. The number of nitrogens with one attached hydrogen (secondary N) is 2. The number of amides is 1. The summed E-state index contributed by atoms with van der Waals surface area (Å²) in [4.78, 5) is 26.8. The van der Waals surface area contributed by atoms with Crippen LogP contribution in [0.2, 0.25) is 0 Å². The fourth-order valence-corrected chi connectivity index (χ4v) is 2.66. The molecule has 0 aliphatic rings. The molecule has 0 aliphatic heterocycles. The van der Waals surface area contributed by atoms with E-state index in [0.29, 0.717) is 18.5 Å². The molecule has 26 heavy (non-hydrogen) atoms. The molecule has 5 nitrogen and oxygen atoms in total. The van der Waals surface area contributed by atoms with Crippen LogP contribution >= 0.6 is 0 Å². The summed E-state index contributed by atoms with van der Waals surface area (Å²) in [6.45, 7) is 1.63. The van der Waals surface area contributed by atoms with Gasteiger partial charge in [0.2, 0.25) is 0 Å². The summed E-state index contributed by atoms with van der Waals surface area (Å²) in [5.74, 6) is -1.61. The minimum absolute atomic E-state index is 0.0830. The average molecular weight is 354 g/mol. The van der Waals surface area contributed by atoms with Crippen molar-refractivity contribution < 1.29 is 18.7 Å². The first-order chi connectivity index (χ1) is 12.5. The molecule has 0 saturated carbocycles. The predicted octanol–water partition coefficient (Wildman–Crippen LogP) is 3.13. The molecule has 0 aliphatic carbocycles. The summed E-state index contributed by atoms with van der Waals surface area (Å²) < 4.78 is 18.4. The highest BCUT2D eigenvalue weighted by Gasteiger charge is 2.12. The number of hydrogen-bond acceptors (Lipinski definition) is 3. The quantitative estimate of drug-likeness (QED) is 0.668. The highest BCUT2D eigenvalue weighted by Crippen LogP contribution is 2.17. The number of para-hydroxylation sites is 1. The Labute approximate surface area is 150 Å². The number of benzene rings is 2. The number of esters is 1. The topological polar surface area (TPSA) is 71.2 Å². The maximum Gasteiger partial charge on any atom is 0.338 e. The van der Waals surface area contributed by atoms with Crippen molar-refractivity contribution >= 4 is 22.8 Å². The summed E-state index contributed by atoms with van der Waals surface area (Å²) in [6.07, 6.45) is 2.58. The van der Waals surface area contributed by atoms with E-state index in [2.05, 4.69) is 10.3 Å². The van der Waals surface area contributed by atoms with E-state index in [1.807, 2.05) is 30.5 Å². The largest absolute Gasteiger partial charge is 0.452 e. The van der Waals surface area contributed by atoms with Gasteiger partial charge in [0.25, 0.3) is 5.91 Å². The Morgan fingerprint density at radius 1 is 1.19 bits per heavy atom. The predicted molar refractivity (Wildman–Crippen MR) is 96.4 cm³/mol. The molecule has 0 unspecified atom stereocenters. The molecule has 0 bridgehead atoms. The van der Waals surface area contributed by atoms with Gasteiger partial charge >= 0.3 is 5.97 Å². The van der Waals surface area contributed by atoms with Crippen LogP contribution < -0.4 is 5.32 Å². The molecule has 2 aromatic carbocycles. The lowest BCUT2D eigenvalue weighted by molar-refractivity contribution is -0.124. The number of hydrogen-bond donors (Lipinski definition) is 2. The van der Waals surface area contributed by atoms with Crippen LogP contribution in [0.1, 0.15) is 21.5 Å². The van der Waals surface area contributed by atoms with Crippen LogP contribution in [-0.2, 0) is 16.0 Å². The first-order valence-corrected chi connectivity index (χ1v) is 8.29. The Hall–Kier alpha value is -3.15. The van der Waals surface area contributed by atoms with Gasteiger partial charge in [0.15, 0.2) is 6.61 Å². The van der Waals surface area contributed by atoms with Gasteiger partial charge in [-0.3, -0.25) is 4.79 Å². The van der Waals surface area contributed by atoms with Crippen molar-refractivity contribution in [2.75, 3.05) is 13.2 Å². The van der Waals surface area contributed by atoms with E-state index in [1.54, 1.807) is 6.92 Å². The number of halogens is 1. The van der Waals surface area contributed by atoms with Crippen LogP contribution in [0.5, 0.6) is 0 Å². The molecule has 0 saturated heterocycles. The van der Waals surface area contributed by atoms with E-state index in [-0.39, 0.29) is 5.56 Å². The molecule has 2 N–H and O–H groups in total. The molecule has 0 fully saturated rings. The van der Waals surface area contributed by atoms with E-state index in [9.17, 15) is 14.0 Å². The number of ether oxygens (including phenoxy) is 1. The molecular formula is C20H19FN2O3. The molecular weight excluding hydrogens is 335 g/mol. The number of aryl methyl sites for hydroxylation is 1. The van der Waals surface area contributed by atoms with Gasteiger partial charge in [0.05, 0.1) is 5.56 Å². The van der Waals surface area contributed by atoms with Crippen LogP contribution in [0.4, 0.5) is 4.39 Å². The Bertz CT molecular complexity index is 949. The molecule has 0 spiro atoms. The van der Waals surface area contributed by atoms with Gasteiger partial charge in [0.1, 0.15) is 5.82 Å². The number of H-pyrrole nitrogens is 1. The van der Waals surface area contributed by atoms with Crippen molar-refractivity contribution in [3.63, 3.8) is 0 Å². The normalized spacial score (nSPS) is 10.7. The second-order valence-corrected chi connectivity index (χ2v) is 6.00. The summed E-state index contributed by atoms with van der Waals surface area (Å²) in [6, 6.07) is 12.0. The SMILES string of the molecule is Cc1ccc(C(=O)OCC(=O)NCCc2c[nH]c3ccccc23)cc1F. The van der Waals surface area contributed by atoms with E-state index in [1.165, 1.54) is 12.1 Å². The molecule has 3 aromatic rings. The van der Waals surface area contributed by atoms with Crippen molar-refractivity contribution in [3.05, 3.63) is 71.2 Å². The van der Waals surface area contributed by atoms with Crippen molar-refractivity contribution in [2.45, 2.75) is 13.3 Å². The molecule has 1 heterocycles. The molecule has 1 aromatic heterocycles. The average Bonchev–Trinajstić information content (AvgIpc) is 3.05. The fourth-order valence-electron chi connectivity index (χ4n) is 2.66. The maximum atomic E-state index is 13.5. The lowest BCUT2D eigenvalue weighted by atomic mass is 10.1. The van der Waals surface area contributed by atoms with Crippen LogP contribution in [0, 0.1) is 12.7 Å². The van der Waals surface area contributed by atoms with Crippen LogP contribution in [0.15, 0.2) is 48.7 Å². The van der Waals surface area contributed by atoms with E-state index >= 15 is 0 Å². The molecule has 134 valence electrons. The van der Waals surface area contributed by atoms with E-state index in [4.69, 9.17) is 4.74 Å². The van der Waals surface area contributed by atoms with Crippen LogP contribution in [0.3, 0.4) is 0 Å². The number of carbonyl (C=O) groups excluding carboxylic acids is 2. The fraction of sp³-hybridized carbons (Fsp3) is 0.200. The third-order valence-electron chi connectivity index (χ3n) is 4.13. The van der Waals surface area contributed by atoms with Gasteiger partial charge in [-0.15, -0.1) is 0 Å². The van der Waals surface area contributed by atoms with Gasteiger partial charge in [-0.2, -0.15) is 0 Å². The van der Waals surface area contributed by atoms with Crippen molar-refractivity contribution in [2.24, 2.45) is 0 Å². The third kappa shape index (κ3) is 4.08. The van der Waals surface area contributed by atoms with Gasteiger partial charge in [0, 0.05) is 23.6 Å². The minimum atomic E-state index is -0.726. The lowest BCUT2D eigenvalue weighted by Crippen LogP contribution is -2.30. The minimum Gasteiger partial charge on any atom is -0.452 e. The number of aromatic amines is 1. The summed E-state index contributed by atoms with van der Waals surface area (Å²) in [5.41, 5.74) is 2.68. The maximum absolute atomic E-state index is 13.5. The molecule has 0 atom stereocenters. The third-order valence-corrected chi connectivity index (χ3v) is 4.13. The Morgan fingerprint density at radius 2 is 2.00 bits per heavy atom. The van der Waals surface area contributed by atoms with Crippen LogP contribution in [0.25, 0.3) is 10.9 Å². The van der Waals surface area contributed by atoms with E-state index in [0.717, 1.165) is 22.5 Å². The number of aromatic nitrogens is 1. The second kappa shape index (κ2) is 7.82. The summed E-state index contributed by atoms with van der Waals surface area (Å²) >= 11 is 0. The standard InChI is InChI=1S/C20H19FN2O3/c1-13-6-7-14(10-17(13)21)20(25)26-12-19(24)22-9-8-15-11-23-18-5-3-2-4-16(15)18/h2-7,10-11,23H,8-9,12H2,1H3,(H,22,24). The Kier molecular flexibility index (Phi) is 5.31. The van der Waals surface area contributed by atoms with Crippen LogP contribution in [-0.4, -0.2) is 30.0 Å². The highest BCUT2D eigenvalue weighted by molar-refractivity contribution is 5.91. The van der Waals surface area contributed by atoms with Gasteiger partial charge in [-0.05, 0) is 42.7 Å². The summed E-state index contributed by atoms with van der Waals surface area (Å²) in [5, 5.41) is 3.83. The van der Waals surface area contributed by atoms with Gasteiger partial charge in [-0.1, -0.05) is 24.3 Å². The molecule has 6 heteroatoms.